The SMILES string of the molecule is [C-]#[N+]c1cc2cc(C(C)(O)COc3ccc(C#N)cc3)[nH]c2cc1C. The summed E-state index contributed by atoms with van der Waals surface area (Å²) < 4.78 is 5.66. The molecule has 5 heteroatoms. The maximum Gasteiger partial charge on any atom is 0.190 e. The summed E-state index contributed by atoms with van der Waals surface area (Å²) in [7, 11) is 0. The number of hydrogen-bond donors (Lipinski definition) is 2. The Balaban J connectivity index is 1.82. The number of aromatic amines is 1. The molecule has 25 heavy (non-hydrogen) atoms. The fraction of sp³-hybridized carbons (Fsp3) is 0.200. The lowest BCUT2D eigenvalue weighted by molar-refractivity contribution is 0.00451. The second-order valence-electron chi connectivity index (χ2n) is 6.22. The maximum absolute atomic E-state index is 10.8. The predicted octanol–water partition coefficient (Wildman–Crippen LogP) is 4.19. The topological polar surface area (TPSA) is 73.4 Å². The molecule has 5 nitrogen and oxygen atoms in total. The van der Waals surface area contributed by atoms with Gasteiger partial charge in [-0.2, -0.15) is 5.26 Å². The van der Waals surface area contributed by atoms with Crippen LogP contribution in [0.5, 0.6) is 5.75 Å². The lowest BCUT2D eigenvalue weighted by Gasteiger charge is -2.22. The first-order valence-corrected chi connectivity index (χ1v) is 7.79. The first kappa shape index (κ1) is 16.6. The Labute approximate surface area is 145 Å². The fourth-order valence-corrected chi connectivity index (χ4v) is 2.61. The van der Waals surface area contributed by atoms with Gasteiger partial charge in [-0.1, -0.05) is 0 Å². The van der Waals surface area contributed by atoms with E-state index >= 15 is 0 Å². The number of rotatable bonds is 4. The molecule has 1 heterocycles. The van der Waals surface area contributed by atoms with E-state index in [1.165, 1.54) is 0 Å². The number of ether oxygens (including phenoxy) is 1. The third kappa shape index (κ3) is 3.33. The van der Waals surface area contributed by atoms with Gasteiger partial charge in [0.15, 0.2) is 5.69 Å². The molecule has 2 N–H and O–H groups in total. The van der Waals surface area contributed by atoms with Crippen LogP contribution in [-0.4, -0.2) is 16.7 Å². The van der Waals surface area contributed by atoms with Gasteiger partial charge in [-0.25, -0.2) is 4.85 Å². The zero-order valence-electron chi connectivity index (χ0n) is 14.0. The average Bonchev–Trinajstić information content (AvgIpc) is 3.03. The normalized spacial score (nSPS) is 13.0. The number of H-pyrrole nitrogens is 1. The second kappa shape index (κ2) is 6.32. The van der Waals surface area contributed by atoms with Crippen LogP contribution in [0.2, 0.25) is 0 Å². The minimum absolute atomic E-state index is 0.0559. The van der Waals surface area contributed by atoms with Crippen molar-refractivity contribution >= 4 is 16.6 Å². The Bertz CT molecular complexity index is 1000. The molecule has 0 aliphatic rings. The van der Waals surface area contributed by atoms with E-state index < -0.39 is 5.60 Å². The lowest BCUT2D eigenvalue weighted by atomic mass is 10.0. The molecule has 0 saturated heterocycles. The Kier molecular flexibility index (Phi) is 4.19. The van der Waals surface area contributed by atoms with Crippen molar-refractivity contribution in [2.45, 2.75) is 19.4 Å². The summed E-state index contributed by atoms with van der Waals surface area (Å²) in [5.41, 5.74) is 2.33. The third-order valence-corrected chi connectivity index (χ3v) is 4.14. The average molecular weight is 331 g/mol. The van der Waals surface area contributed by atoms with Gasteiger partial charge in [-0.15, -0.1) is 0 Å². The number of hydrogen-bond acceptors (Lipinski definition) is 3. The van der Waals surface area contributed by atoms with Gasteiger partial charge in [-0.3, -0.25) is 0 Å². The monoisotopic (exact) mass is 331 g/mol. The first-order valence-electron chi connectivity index (χ1n) is 7.79. The summed E-state index contributed by atoms with van der Waals surface area (Å²) in [6, 6.07) is 14.3. The molecule has 0 bridgehead atoms. The Hall–Kier alpha value is -3.28. The van der Waals surface area contributed by atoms with Gasteiger partial charge < -0.3 is 14.8 Å². The van der Waals surface area contributed by atoms with Crippen molar-refractivity contribution in [1.82, 2.24) is 4.98 Å². The highest BCUT2D eigenvalue weighted by Crippen LogP contribution is 2.30. The van der Waals surface area contributed by atoms with Crippen LogP contribution in [0.15, 0.2) is 42.5 Å². The number of aryl methyl sites for hydroxylation is 1. The molecular formula is C20H17N3O2. The molecule has 0 aliphatic heterocycles. The van der Waals surface area contributed by atoms with E-state index in [-0.39, 0.29) is 6.61 Å². The molecule has 0 amide bonds. The molecule has 3 rings (SSSR count). The van der Waals surface area contributed by atoms with Gasteiger partial charge >= 0.3 is 0 Å². The Morgan fingerprint density at radius 1 is 1.28 bits per heavy atom. The third-order valence-electron chi connectivity index (χ3n) is 4.14. The van der Waals surface area contributed by atoms with Gasteiger partial charge in [0.2, 0.25) is 0 Å². The van der Waals surface area contributed by atoms with Crippen molar-refractivity contribution in [3.05, 3.63) is 70.7 Å². The van der Waals surface area contributed by atoms with Crippen LogP contribution >= 0.6 is 0 Å². The van der Waals surface area contributed by atoms with Crippen LogP contribution < -0.4 is 4.74 Å². The number of benzene rings is 2. The van der Waals surface area contributed by atoms with Gasteiger partial charge in [0.05, 0.1) is 23.9 Å². The number of nitriles is 1. The van der Waals surface area contributed by atoms with Crippen LogP contribution in [0.3, 0.4) is 0 Å². The highest BCUT2D eigenvalue weighted by Gasteiger charge is 2.26. The van der Waals surface area contributed by atoms with Gasteiger partial charge in [0.1, 0.15) is 18.0 Å². The Morgan fingerprint density at radius 2 is 2.00 bits per heavy atom. The van der Waals surface area contributed by atoms with Crippen molar-refractivity contribution in [3.8, 4) is 11.8 Å². The molecule has 2 aromatic carbocycles. The summed E-state index contributed by atoms with van der Waals surface area (Å²) in [4.78, 5) is 6.71. The standard InChI is InChI=1S/C20H17N3O2/c1-13-8-18-15(9-17(13)22-3)10-19(23-18)20(2,24)12-25-16-6-4-14(11-21)5-7-16/h4-10,23-24H,12H2,1-2H3. The first-order chi connectivity index (χ1) is 11.9. The van der Waals surface area contributed by atoms with Crippen molar-refractivity contribution in [1.29, 1.82) is 5.26 Å². The predicted molar refractivity (Wildman–Crippen MR) is 95.5 cm³/mol. The van der Waals surface area contributed by atoms with Gasteiger partial charge in [0, 0.05) is 5.52 Å². The van der Waals surface area contributed by atoms with E-state index in [2.05, 4.69) is 15.9 Å². The van der Waals surface area contributed by atoms with E-state index in [0.717, 1.165) is 16.5 Å². The van der Waals surface area contributed by atoms with Gasteiger partial charge in [0.25, 0.3) is 0 Å². The number of nitrogens with zero attached hydrogens (tertiary/aromatic N) is 2. The minimum Gasteiger partial charge on any atom is -0.490 e. The summed E-state index contributed by atoms with van der Waals surface area (Å²) in [5.74, 6) is 0.585. The van der Waals surface area contributed by atoms with Gasteiger partial charge in [-0.05, 0) is 67.3 Å². The highest BCUT2D eigenvalue weighted by atomic mass is 16.5. The summed E-state index contributed by atoms with van der Waals surface area (Å²) >= 11 is 0. The molecule has 0 spiro atoms. The van der Waals surface area contributed by atoms with E-state index in [4.69, 9.17) is 16.6 Å². The molecule has 3 aromatic rings. The smallest absolute Gasteiger partial charge is 0.190 e. The number of fused-ring (bicyclic) bond motifs is 1. The van der Waals surface area contributed by atoms with E-state index in [1.807, 2.05) is 25.1 Å². The number of nitrogens with one attached hydrogen (secondary N) is 1. The van der Waals surface area contributed by atoms with Crippen molar-refractivity contribution in [3.63, 3.8) is 0 Å². The summed E-state index contributed by atoms with van der Waals surface area (Å²) in [6.45, 7) is 10.8. The molecule has 0 aliphatic carbocycles. The molecular weight excluding hydrogens is 314 g/mol. The van der Waals surface area contributed by atoms with E-state index in [0.29, 0.717) is 22.7 Å². The molecule has 1 aromatic heterocycles. The molecule has 124 valence electrons. The van der Waals surface area contributed by atoms with E-state index in [1.54, 1.807) is 31.2 Å². The highest BCUT2D eigenvalue weighted by molar-refractivity contribution is 5.86. The van der Waals surface area contributed by atoms with Crippen molar-refractivity contribution in [2.24, 2.45) is 0 Å². The minimum atomic E-state index is -1.22. The fourth-order valence-electron chi connectivity index (χ4n) is 2.61. The van der Waals surface area contributed by atoms with Crippen LogP contribution in [0.25, 0.3) is 15.7 Å². The number of aromatic nitrogens is 1. The molecule has 0 radical (unpaired) electrons. The molecule has 0 fully saturated rings. The summed E-state index contributed by atoms with van der Waals surface area (Å²) in [6.07, 6.45) is 0. The number of aliphatic hydroxyl groups is 1. The maximum atomic E-state index is 10.8. The lowest BCUT2D eigenvalue weighted by Crippen LogP contribution is -2.29. The van der Waals surface area contributed by atoms with E-state index in [9.17, 15) is 5.11 Å². The van der Waals surface area contributed by atoms with Crippen LogP contribution in [0, 0.1) is 24.8 Å². The second-order valence-corrected chi connectivity index (χ2v) is 6.22. The van der Waals surface area contributed by atoms with Crippen molar-refractivity contribution in [2.75, 3.05) is 6.61 Å². The summed E-state index contributed by atoms with van der Waals surface area (Å²) in [5, 5.41) is 20.5. The largest absolute Gasteiger partial charge is 0.490 e. The zero-order chi connectivity index (χ0) is 18.0. The molecule has 1 unspecified atom stereocenters. The quantitative estimate of drug-likeness (QED) is 0.704. The van der Waals surface area contributed by atoms with Crippen LogP contribution in [0.1, 0.15) is 23.7 Å². The van der Waals surface area contributed by atoms with Crippen molar-refractivity contribution < 1.29 is 9.84 Å². The molecule has 1 atom stereocenters. The van der Waals surface area contributed by atoms with Crippen LogP contribution in [0.4, 0.5) is 5.69 Å². The van der Waals surface area contributed by atoms with Crippen LogP contribution in [-0.2, 0) is 5.60 Å². The Morgan fingerprint density at radius 3 is 2.64 bits per heavy atom. The molecule has 0 saturated carbocycles. The zero-order valence-corrected chi connectivity index (χ0v) is 14.0.